The minimum Gasteiger partial charge on any atom is -0.494 e. The predicted octanol–water partition coefficient (Wildman–Crippen LogP) is 9.39. The van der Waals surface area contributed by atoms with Gasteiger partial charge >= 0.3 is 11.9 Å². The van der Waals surface area contributed by atoms with Crippen molar-refractivity contribution < 1.29 is 28.5 Å². The van der Waals surface area contributed by atoms with Crippen molar-refractivity contribution in [3.05, 3.63) is 113 Å². The van der Waals surface area contributed by atoms with Gasteiger partial charge in [0.25, 0.3) is 0 Å². The number of carbonyl (C=O) groups is 2. The van der Waals surface area contributed by atoms with Crippen LogP contribution in [0.15, 0.2) is 91.0 Å². The second-order valence-corrected chi connectivity index (χ2v) is 12.5. The lowest BCUT2D eigenvalue weighted by molar-refractivity contribution is -0.139. The van der Waals surface area contributed by atoms with Gasteiger partial charge in [-0.25, -0.2) is 9.59 Å². The number of benzene rings is 3. The Hall–Kier alpha value is -4.16. The van der Waals surface area contributed by atoms with Gasteiger partial charge in [-0.05, 0) is 110 Å². The highest BCUT2D eigenvalue weighted by molar-refractivity contribution is 5.87. The largest absolute Gasteiger partial charge is 0.494 e. The van der Waals surface area contributed by atoms with Gasteiger partial charge in [0.2, 0.25) is 0 Å². The number of unbranched alkanes of at least 4 members (excludes halogenated alkanes) is 3. The Labute approximate surface area is 288 Å². The van der Waals surface area contributed by atoms with Crippen LogP contribution in [0.25, 0.3) is 11.1 Å². The molecule has 6 nitrogen and oxygen atoms in total. The highest BCUT2D eigenvalue weighted by Gasteiger charge is 2.16. The Balaban J connectivity index is 1.50. The van der Waals surface area contributed by atoms with Crippen LogP contribution in [-0.4, -0.2) is 45.5 Å². The summed E-state index contributed by atoms with van der Waals surface area (Å²) in [6, 6.07) is 23.8. The van der Waals surface area contributed by atoms with Gasteiger partial charge in [0, 0.05) is 18.3 Å². The zero-order valence-electron chi connectivity index (χ0n) is 29.5. The van der Waals surface area contributed by atoms with Crippen LogP contribution in [0.3, 0.4) is 0 Å². The molecule has 0 aliphatic heterocycles. The molecule has 0 atom stereocenters. The molecule has 0 spiro atoms. The van der Waals surface area contributed by atoms with Crippen LogP contribution in [0, 0.1) is 0 Å². The van der Waals surface area contributed by atoms with Crippen molar-refractivity contribution in [2.45, 2.75) is 84.5 Å². The molecule has 3 rings (SSSR count). The maximum absolute atomic E-state index is 11.9. The summed E-state index contributed by atoms with van der Waals surface area (Å²) in [4.78, 5) is 23.8. The highest BCUT2D eigenvalue weighted by Crippen LogP contribution is 2.31. The number of hydrogen-bond donors (Lipinski definition) is 0. The smallest absolute Gasteiger partial charge is 0.333 e. The molecule has 3 aromatic carbocycles. The molecule has 258 valence electrons. The van der Waals surface area contributed by atoms with Crippen LogP contribution in [0.4, 0.5) is 0 Å². The standard InChI is InChI=1S/C42H54O6/c1-7-35-30-39(46-26-11-9-8-10-12-33-13-15-34(16-14-33)23-27-45-6)21-22-40(35)38-19-17-36(18-20-38)37(24-28-47-41(43)31(2)3)25-29-48-42(44)32(4)5/h13-22,30,37H,2,4,7-12,23-29H2,1,3,5-6H3. The number of esters is 2. The van der Waals surface area contributed by atoms with Crippen molar-refractivity contribution in [2.75, 3.05) is 33.5 Å². The van der Waals surface area contributed by atoms with E-state index in [-0.39, 0.29) is 19.1 Å². The fourth-order valence-electron chi connectivity index (χ4n) is 5.55. The monoisotopic (exact) mass is 654 g/mol. The number of ether oxygens (including phenoxy) is 4. The van der Waals surface area contributed by atoms with Crippen molar-refractivity contribution in [1.82, 2.24) is 0 Å². The topological polar surface area (TPSA) is 71.1 Å². The molecule has 0 amide bonds. The molecule has 0 fully saturated rings. The summed E-state index contributed by atoms with van der Waals surface area (Å²) in [7, 11) is 1.74. The van der Waals surface area contributed by atoms with Gasteiger partial charge in [0.1, 0.15) is 5.75 Å². The lowest BCUT2D eigenvalue weighted by atomic mass is 9.90. The Morgan fingerprint density at radius 2 is 1.27 bits per heavy atom. The van der Waals surface area contributed by atoms with Crippen molar-refractivity contribution in [3.63, 3.8) is 0 Å². The third-order valence-electron chi connectivity index (χ3n) is 8.49. The molecule has 0 aliphatic rings. The number of methoxy groups -OCH3 is 1. The van der Waals surface area contributed by atoms with Gasteiger partial charge in [-0.3, -0.25) is 0 Å². The second-order valence-electron chi connectivity index (χ2n) is 12.5. The average molecular weight is 655 g/mol. The summed E-state index contributed by atoms with van der Waals surface area (Å²) < 4.78 is 22.0. The Morgan fingerprint density at radius 1 is 0.688 bits per heavy atom. The maximum atomic E-state index is 11.9. The molecule has 0 radical (unpaired) electrons. The van der Waals surface area contributed by atoms with E-state index < -0.39 is 11.9 Å². The third-order valence-corrected chi connectivity index (χ3v) is 8.49. The van der Waals surface area contributed by atoms with Crippen LogP contribution in [-0.2, 0) is 43.1 Å². The molecule has 3 aromatic rings. The fourth-order valence-corrected chi connectivity index (χ4v) is 5.55. The van der Waals surface area contributed by atoms with E-state index >= 15 is 0 Å². The van der Waals surface area contributed by atoms with E-state index in [0.29, 0.717) is 24.0 Å². The maximum Gasteiger partial charge on any atom is 0.333 e. The SMILES string of the molecule is C=C(C)C(=O)OCCC(CCOC(=O)C(=C)C)c1ccc(-c2ccc(OCCCCCCc3ccc(CCOC)cc3)cc2CC)cc1. The van der Waals surface area contributed by atoms with Gasteiger partial charge in [0.05, 0.1) is 26.4 Å². The van der Waals surface area contributed by atoms with Crippen molar-refractivity contribution in [1.29, 1.82) is 0 Å². The fraction of sp³-hybridized carbons (Fsp3) is 0.429. The normalized spacial score (nSPS) is 10.9. The Morgan fingerprint density at radius 3 is 1.83 bits per heavy atom. The van der Waals surface area contributed by atoms with Crippen LogP contribution in [0.2, 0.25) is 0 Å². The second kappa shape index (κ2) is 20.9. The zero-order valence-corrected chi connectivity index (χ0v) is 29.5. The van der Waals surface area contributed by atoms with Gasteiger partial charge in [-0.2, -0.15) is 0 Å². The van der Waals surface area contributed by atoms with E-state index in [1.54, 1.807) is 21.0 Å². The van der Waals surface area contributed by atoms with Crippen molar-refractivity contribution >= 4 is 11.9 Å². The van der Waals surface area contributed by atoms with E-state index in [0.717, 1.165) is 62.2 Å². The summed E-state index contributed by atoms with van der Waals surface area (Å²) in [5.41, 5.74) is 8.13. The first-order valence-corrected chi connectivity index (χ1v) is 17.3. The molecular formula is C42H54O6. The Kier molecular flexibility index (Phi) is 16.7. The van der Waals surface area contributed by atoms with Gasteiger partial charge in [-0.1, -0.05) is 87.5 Å². The molecule has 0 heterocycles. The molecule has 0 aliphatic carbocycles. The Bertz CT molecular complexity index is 1420. The van der Waals surface area contributed by atoms with Crippen LogP contribution >= 0.6 is 0 Å². The average Bonchev–Trinajstić information content (AvgIpc) is 3.09. The molecule has 0 saturated heterocycles. The molecule has 6 heteroatoms. The molecule has 0 aromatic heterocycles. The first kappa shape index (κ1) is 38.3. The molecule has 0 N–H and O–H groups in total. The summed E-state index contributed by atoms with van der Waals surface area (Å²) in [5.74, 6) is 0.164. The third kappa shape index (κ3) is 13.2. The van der Waals surface area contributed by atoms with Gasteiger partial charge in [-0.15, -0.1) is 0 Å². The molecule has 0 unspecified atom stereocenters. The van der Waals surface area contributed by atoms with Crippen molar-refractivity contribution in [2.24, 2.45) is 0 Å². The van der Waals surface area contributed by atoms with Crippen LogP contribution in [0.5, 0.6) is 5.75 Å². The molecular weight excluding hydrogens is 600 g/mol. The summed E-state index contributed by atoms with van der Waals surface area (Å²) in [6.07, 6.45) is 8.78. The summed E-state index contributed by atoms with van der Waals surface area (Å²) >= 11 is 0. The highest BCUT2D eigenvalue weighted by atomic mass is 16.5. The summed E-state index contributed by atoms with van der Waals surface area (Å²) in [5, 5.41) is 0. The van der Waals surface area contributed by atoms with E-state index in [2.05, 4.69) is 86.8 Å². The molecule has 0 bridgehead atoms. The summed E-state index contributed by atoms with van der Waals surface area (Å²) in [6.45, 7) is 14.7. The van der Waals surface area contributed by atoms with Gasteiger partial charge in [0.15, 0.2) is 0 Å². The quantitative estimate of drug-likeness (QED) is 0.0611. The minimum atomic E-state index is -0.399. The predicted molar refractivity (Wildman–Crippen MR) is 194 cm³/mol. The van der Waals surface area contributed by atoms with Gasteiger partial charge < -0.3 is 18.9 Å². The van der Waals surface area contributed by atoms with E-state index in [1.165, 1.54) is 35.1 Å². The van der Waals surface area contributed by atoms with E-state index in [9.17, 15) is 9.59 Å². The molecule has 0 saturated carbocycles. The lowest BCUT2D eigenvalue weighted by Crippen LogP contribution is -2.13. The first-order chi connectivity index (χ1) is 23.2. The minimum absolute atomic E-state index is 0.0501. The number of aryl methyl sites for hydroxylation is 2. The zero-order chi connectivity index (χ0) is 34.7. The molecule has 48 heavy (non-hydrogen) atoms. The number of rotatable bonds is 22. The van der Waals surface area contributed by atoms with E-state index in [1.807, 2.05) is 0 Å². The van der Waals surface area contributed by atoms with Crippen LogP contribution < -0.4 is 4.74 Å². The number of hydrogen-bond acceptors (Lipinski definition) is 6. The number of carbonyl (C=O) groups excluding carboxylic acids is 2. The lowest BCUT2D eigenvalue weighted by Gasteiger charge is -2.19. The van der Waals surface area contributed by atoms with Crippen molar-refractivity contribution in [3.8, 4) is 16.9 Å². The van der Waals surface area contributed by atoms with E-state index in [4.69, 9.17) is 18.9 Å². The first-order valence-electron chi connectivity index (χ1n) is 17.3. The van der Waals surface area contributed by atoms with Crippen LogP contribution in [0.1, 0.15) is 87.5 Å².